The van der Waals surface area contributed by atoms with Gasteiger partial charge in [-0.3, -0.25) is 9.48 Å². The zero-order valence-electron chi connectivity index (χ0n) is 21.0. The highest BCUT2D eigenvalue weighted by Crippen LogP contribution is 2.43. The first-order chi connectivity index (χ1) is 15.3. The predicted molar refractivity (Wildman–Crippen MR) is 130 cm³/mol. The Bertz CT molecular complexity index is 810. The molecule has 2 bridgehead atoms. The van der Waals surface area contributed by atoms with E-state index in [4.69, 9.17) is 5.10 Å². The topological polar surface area (TPSA) is 46.9 Å². The highest BCUT2D eigenvalue weighted by molar-refractivity contribution is 5.94. The summed E-state index contributed by atoms with van der Waals surface area (Å²) in [6, 6.07) is 0.844. The van der Waals surface area contributed by atoms with Crippen molar-refractivity contribution in [3.05, 3.63) is 17.0 Å². The van der Waals surface area contributed by atoms with E-state index in [-0.39, 0.29) is 11.3 Å². The minimum atomic E-state index is 0.114. The van der Waals surface area contributed by atoms with E-state index in [1.165, 1.54) is 81.9 Å². The molecule has 4 nitrogen and oxygen atoms in total. The number of carbonyl (C=O) groups excluding carboxylic acids is 1. The maximum atomic E-state index is 13.6. The van der Waals surface area contributed by atoms with Crippen LogP contribution in [0.1, 0.15) is 126 Å². The molecule has 1 amide bonds. The van der Waals surface area contributed by atoms with E-state index >= 15 is 0 Å². The van der Waals surface area contributed by atoms with Crippen molar-refractivity contribution < 1.29 is 4.79 Å². The molecule has 1 N–H and O–H groups in total. The zero-order chi connectivity index (χ0) is 22.5. The Morgan fingerprint density at radius 2 is 1.66 bits per heavy atom. The fourth-order valence-corrected chi connectivity index (χ4v) is 7.75. The Hall–Kier alpha value is -1.32. The van der Waals surface area contributed by atoms with Crippen LogP contribution in [-0.2, 0) is 12.8 Å². The number of rotatable bonds is 3. The first kappa shape index (κ1) is 22.5. The number of fused-ring (bicyclic) bond motifs is 3. The second-order valence-corrected chi connectivity index (χ2v) is 13.0. The highest BCUT2D eigenvalue weighted by Gasteiger charge is 2.38. The number of nitrogens with one attached hydrogen (secondary N) is 1. The van der Waals surface area contributed by atoms with Crippen LogP contribution in [0.25, 0.3) is 0 Å². The lowest BCUT2D eigenvalue weighted by Gasteiger charge is -2.41. The van der Waals surface area contributed by atoms with E-state index in [1.54, 1.807) is 0 Å². The number of carbonyl (C=O) groups is 1. The molecular formula is C28H45N3O. The standard InChI is InChI=1S/C28H45N3O/c1-18-12-19-14-20(13-18)16-22(15-19)29-27(32)26-24-17-21(28(2,3)4)10-11-25(24)31(30-26)23-8-6-5-7-9-23/h18-23H,5-17H2,1-4H3,(H,29,32). The van der Waals surface area contributed by atoms with Crippen LogP contribution in [-0.4, -0.2) is 21.7 Å². The van der Waals surface area contributed by atoms with Crippen molar-refractivity contribution in [3.8, 4) is 0 Å². The van der Waals surface area contributed by atoms with Crippen molar-refractivity contribution in [1.82, 2.24) is 15.1 Å². The number of hydrogen-bond donors (Lipinski definition) is 1. The number of nitrogens with zero attached hydrogens (tertiary/aromatic N) is 2. The van der Waals surface area contributed by atoms with Crippen molar-refractivity contribution >= 4 is 5.91 Å². The third kappa shape index (κ3) is 4.53. The molecule has 4 heteroatoms. The summed E-state index contributed by atoms with van der Waals surface area (Å²) in [5.41, 5.74) is 3.71. The second kappa shape index (κ2) is 8.80. The van der Waals surface area contributed by atoms with Gasteiger partial charge in [0.2, 0.25) is 0 Å². The first-order valence-electron chi connectivity index (χ1n) is 13.7. The van der Waals surface area contributed by atoms with Crippen LogP contribution in [0.5, 0.6) is 0 Å². The van der Waals surface area contributed by atoms with Crippen molar-refractivity contribution in [2.75, 3.05) is 0 Å². The van der Waals surface area contributed by atoms with Crippen LogP contribution in [0.15, 0.2) is 0 Å². The summed E-state index contributed by atoms with van der Waals surface area (Å²) in [6.07, 6.45) is 16.1. The Kier molecular flexibility index (Phi) is 6.18. The lowest BCUT2D eigenvalue weighted by molar-refractivity contribution is 0.0834. The van der Waals surface area contributed by atoms with E-state index in [0.29, 0.717) is 18.0 Å². The lowest BCUT2D eigenvalue weighted by atomic mass is 9.67. The van der Waals surface area contributed by atoms with Crippen LogP contribution >= 0.6 is 0 Å². The average molecular weight is 440 g/mol. The third-order valence-corrected chi connectivity index (χ3v) is 9.37. The lowest BCUT2D eigenvalue weighted by Crippen LogP contribution is -2.43. The second-order valence-electron chi connectivity index (χ2n) is 13.0. The van der Waals surface area contributed by atoms with Gasteiger partial charge in [-0.15, -0.1) is 0 Å². The van der Waals surface area contributed by atoms with Gasteiger partial charge in [0.1, 0.15) is 0 Å². The van der Waals surface area contributed by atoms with Crippen molar-refractivity contribution in [1.29, 1.82) is 0 Å². The molecule has 0 spiro atoms. The molecule has 1 aromatic heterocycles. The molecule has 32 heavy (non-hydrogen) atoms. The average Bonchev–Trinajstić information content (AvgIpc) is 3.12. The van der Waals surface area contributed by atoms with Gasteiger partial charge < -0.3 is 5.32 Å². The largest absolute Gasteiger partial charge is 0.348 e. The molecule has 1 heterocycles. The number of aromatic nitrogens is 2. The van der Waals surface area contributed by atoms with E-state index in [1.807, 2.05) is 0 Å². The summed E-state index contributed by atoms with van der Waals surface area (Å²) >= 11 is 0. The smallest absolute Gasteiger partial charge is 0.272 e. The van der Waals surface area contributed by atoms with Crippen LogP contribution in [0.4, 0.5) is 0 Å². The van der Waals surface area contributed by atoms with Gasteiger partial charge in [-0.2, -0.15) is 5.10 Å². The molecule has 4 aliphatic carbocycles. The molecule has 3 unspecified atom stereocenters. The summed E-state index contributed by atoms with van der Waals surface area (Å²) in [5.74, 6) is 3.22. The van der Waals surface area contributed by atoms with Crippen molar-refractivity contribution in [2.45, 2.75) is 123 Å². The summed E-state index contributed by atoms with van der Waals surface area (Å²) in [7, 11) is 0. The molecule has 4 aliphatic rings. The fraction of sp³-hybridized carbons (Fsp3) is 0.857. The van der Waals surface area contributed by atoms with Crippen LogP contribution < -0.4 is 5.32 Å². The molecule has 0 saturated heterocycles. The number of hydrogen-bond acceptors (Lipinski definition) is 2. The monoisotopic (exact) mass is 439 g/mol. The predicted octanol–water partition coefficient (Wildman–Crippen LogP) is 6.48. The van der Waals surface area contributed by atoms with E-state index < -0.39 is 0 Å². The molecule has 0 aliphatic heterocycles. The van der Waals surface area contributed by atoms with Gasteiger partial charge in [-0.1, -0.05) is 47.0 Å². The van der Waals surface area contributed by atoms with Gasteiger partial charge in [-0.25, -0.2) is 0 Å². The Morgan fingerprint density at radius 3 is 2.31 bits per heavy atom. The molecule has 0 aromatic carbocycles. The third-order valence-electron chi connectivity index (χ3n) is 9.37. The minimum absolute atomic E-state index is 0.114. The van der Waals surface area contributed by atoms with Crippen LogP contribution in [0.3, 0.4) is 0 Å². The molecule has 3 atom stereocenters. The molecule has 1 aromatic rings. The Morgan fingerprint density at radius 1 is 0.969 bits per heavy atom. The molecule has 178 valence electrons. The van der Waals surface area contributed by atoms with Gasteiger partial charge in [0.25, 0.3) is 5.91 Å². The number of amides is 1. The van der Waals surface area contributed by atoms with Gasteiger partial charge in [0.05, 0.1) is 6.04 Å². The van der Waals surface area contributed by atoms with Gasteiger partial charge in [0, 0.05) is 17.3 Å². The van der Waals surface area contributed by atoms with Gasteiger partial charge >= 0.3 is 0 Å². The molecule has 3 saturated carbocycles. The van der Waals surface area contributed by atoms with Gasteiger partial charge in [0.15, 0.2) is 5.69 Å². The van der Waals surface area contributed by atoms with E-state index in [9.17, 15) is 4.79 Å². The normalized spacial score (nSPS) is 33.6. The summed E-state index contributed by atoms with van der Waals surface area (Å²) in [6.45, 7) is 9.48. The molecule has 3 fully saturated rings. The van der Waals surface area contributed by atoms with Gasteiger partial charge in [-0.05, 0) is 93.3 Å². The molecule has 5 rings (SSSR count). The molecular weight excluding hydrogens is 394 g/mol. The van der Waals surface area contributed by atoms with Crippen LogP contribution in [0, 0.1) is 29.1 Å². The minimum Gasteiger partial charge on any atom is -0.348 e. The highest BCUT2D eigenvalue weighted by atomic mass is 16.2. The van der Waals surface area contributed by atoms with Crippen LogP contribution in [0.2, 0.25) is 0 Å². The SMILES string of the molecule is CC1CC2CC(C1)CC(NC(=O)c1nn(C3CCCCC3)c3c1CC(C(C)(C)C)CC3)C2. The van der Waals surface area contributed by atoms with E-state index in [2.05, 4.69) is 37.7 Å². The Labute approximate surface area is 195 Å². The van der Waals surface area contributed by atoms with Crippen molar-refractivity contribution in [2.24, 2.45) is 29.1 Å². The molecule has 0 radical (unpaired) electrons. The first-order valence-corrected chi connectivity index (χ1v) is 13.7. The van der Waals surface area contributed by atoms with E-state index in [0.717, 1.165) is 36.3 Å². The summed E-state index contributed by atoms with van der Waals surface area (Å²) in [4.78, 5) is 13.6. The van der Waals surface area contributed by atoms with Crippen molar-refractivity contribution in [3.63, 3.8) is 0 Å². The maximum absolute atomic E-state index is 13.6. The summed E-state index contributed by atoms with van der Waals surface area (Å²) < 4.78 is 2.32. The Balaban J connectivity index is 1.38. The zero-order valence-corrected chi connectivity index (χ0v) is 21.0. The quantitative estimate of drug-likeness (QED) is 0.585. The maximum Gasteiger partial charge on any atom is 0.272 e. The summed E-state index contributed by atoms with van der Waals surface area (Å²) in [5, 5.41) is 8.57. The fourth-order valence-electron chi connectivity index (χ4n) is 7.75.